The van der Waals surface area contributed by atoms with Gasteiger partial charge in [0.15, 0.2) is 5.82 Å². The molecule has 0 atom stereocenters. The lowest BCUT2D eigenvalue weighted by molar-refractivity contribution is 0.305. The number of methoxy groups -OCH3 is 1. The predicted molar refractivity (Wildman–Crippen MR) is 164 cm³/mol. The number of hydrogen-bond acceptors (Lipinski definition) is 6. The highest BCUT2D eigenvalue weighted by atomic mass is 35.5. The topological polar surface area (TPSA) is 68.3 Å². The molecule has 214 valence electrons. The first-order chi connectivity index (χ1) is 19.1. The number of fused-ring (bicyclic) bond motifs is 1. The number of halogens is 2. The number of aromatic nitrogens is 2. The van der Waals surface area contributed by atoms with Gasteiger partial charge in [-0.25, -0.2) is 14.4 Å². The molecule has 1 aliphatic heterocycles. The lowest BCUT2D eigenvalue weighted by Gasteiger charge is -2.29. The summed E-state index contributed by atoms with van der Waals surface area (Å²) in [6.07, 6.45) is 1.44. The molecule has 5 rings (SSSR count). The van der Waals surface area contributed by atoms with Crippen LogP contribution in [0.1, 0.15) is 58.6 Å². The fraction of sp³-hybridized carbons (Fsp3) is 0.375. The summed E-state index contributed by atoms with van der Waals surface area (Å²) in [6.45, 7) is 14.8. The van der Waals surface area contributed by atoms with E-state index in [1.54, 1.807) is 19.2 Å². The summed E-state index contributed by atoms with van der Waals surface area (Å²) in [5.74, 6) is 1.30. The van der Waals surface area contributed by atoms with Gasteiger partial charge in [-0.15, -0.1) is 0 Å². The van der Waals surface area contributed by atoms with Gasteiger partial charge < -0.3 is 20.1 Å². The first-order valence-electron chi connectivity index (χ1n) is 13.6. The molecule has 1 fully saturated rings. The Morgan fingerprint density at radius 2 is 1.68 bits per heavy atom. The van der Waals surface area contributed by atoms with Crippen LogP contribution in [0.15, 0.2) is 60.9 Å². The molecule has 0 spiro atoms. The van der Waals surface area contributed by atoms with Gasteiger partial charge in [-0.05, 0) is 29.2 Å². The predicted octanol–water partition coefficient (Wildman–Crippen LogP) is 8.52. The molecule has 0 unspecified atom stereocenters. The number of anilines is 2. The zero-order valence-corrected chi connectivity index (χ0v) is 25.2. The van der Waals surface area contributed by atoms with Crippen LogP contribution >= 0.6 is 11.6 Å². The van der Waals surface area contributed by atoms with Gasteiger partial charge in [-0.1, -0.05) is 83.5 Å². The SMILES string of the molecule is CC.CC(C)(C)C.COc1cc2ncnc(Nc3ccc(OCc4ccccc4)c(Cl)c3F)c2cc1C1CNC1. The van der Waals surface area contributed by atoms with E-state index >= 15 is 4.39 Å². The van der Waals surface area contributed by atoms with Crippen LogP contribution in [0.25, 0.3) is 10.9 Å². The summed E-state index contributed by atoms with van der Waals surface area (Å²) in [7, 11) is 1.65. The number of nitrogens with zero attached hydrogens (tertiary/aromatic N) is 2. The van der Waals surface area contributed by atoms with Gasteiger partial charge in [0.2, 0.25) is 0 Å². The van der Waals surface area contributed by atoms with Gasteiger partial charge in [0, 0.05) is 36.0 Å². The van der Waals surface area contributed by atoms with Crippen molar-refractivity contribution >= 4 is 34.0 Å². The van der Waals surface area contributed by atoms with Crippen LogP contribution in [0.5, 0.6) is 11.5 Å². The average Bonchev–Trinajstić information content (AvgIpc) is 2.90. The normalized spacial score (nSPS) is 12.8. The molecule has 3 aromatic carbocycles. The molecule has 2 heterocycles. The highest BCUT2D eigenvalue weighted by molar-refractivity contribution is 6.32. The second kappa shape index (κ2) is 14.3. The number of ether oxygens (including phenoxy) is 2. The summed E-state index contributed by atoms with van der Waals surface area (Å²) < 4.78 is 26.4. The fourth-order valence-electron chi connectivity index (χ4n) is 3.81. The summed E-state index contributed by atoms with van der Waals surface area (Å²) >= 11 is 6.29. The molecule has 40 heavy (non-hydrogen) atoms. The highest BCUT2D eigenvalue weighted by Crippen LogP contribution is 2.37. The molecule has 1 aromatic heterocycles. The van der Waals surface area contributed by atoms with E-state index in [9.17, 15) is 0 Å². The van der Waals surface area contributed by atoms with Crippen molar-refractivity contribution in [3.63, 3.8) is 0 Å². The molecular formula is C32H40ClFN4O2. The van der Waals surface area contributed by atoms with E-state index in [2.05, 4.69) is 48.3 Å². The Morgan fingerprint density at radius 3 is 2.27 bits per heavy atom. The van der Waals surface area contributed by atoms with E-state index in [1.165, 1.54) is 6.33 Å². The van der Waals surface area contributed by atoms with Crippen molar-refractivity contribution in [1.82, 2.24) is 15.3 Å². The van der Waals surface area contributed by atoms with Crippen molar-refractivity contribution in [1.29, 1.82) is 0 Å². The number of benzene rings is 3. The number of rotatable bonds is 7. The Morgan fingerprint density at radius 1 is 1.00 bits per heavy atom. The number of hydrogen-bond donors (Lipinski definition) is 2. The van der Waals surface area contributed by atoms with Gasteiger partial charge >= 0.3 is 0 Å². The van der Waals surface area contributed by atoms with Crippen LogP contribution in [-0.2, 0) is 6.61 Å². The monoisotopic (exact) mass is 566 g/mol. The maximum atomic E-state index is 15.1. The molecule has 6 nitrogen and oxygen atoms in total. The molecule has 8 heteroatoms. The van der Waals surface area contributed by atoms with E-state index in [0.29, 0.717) is 29.3 Å². The second-order valence-electron chi connectivity index (χ2n) is 10.8. The molecule has 0 amide bonds. The quantitative estimate of drug-likeness (QED) is 0.234. The lowest BCUT2D eigenvalue weighted by Crippen LogP contribution is -2.40. The Labute approximate surface area is 242 Å². The van der Waals surface area contributed by atoms with Crippen molar-refractivity contribution in [2.45, 2.75) is 54.1 Å². The molecule has 1 saturated heterocycles. The molecule has 0 aliphatic carbocycles. The van der Waals surface area contributed by atoms with Crippen LogP contribution in [0.4, 0.5) is 15.9 Å². The van der Waals surface area contributed by atoms with Crippen LogP contribution in [0, 0.1) is 11.2 Å². The Balaban J connectivity index is 0.000000570. The van der Waals surface area contributed by atoms with Crippen molar-refractivity contribution in [3.8, 4) is 11.5 Å². The highest BCUT2D eigenvalue weighted by Gasteiger charge is 2.24. The van der Waals surface area contributed by atoms with E-state index in [1.807, 2.05) is 56.3 Å². The van der Waals surface area contributed by atoms with Crippen molar-refractivity contribution < 1.29 is 13.9 Å². The van der Waals surface area contributed by atoms with E-state index in [-0.39, 0.29) is 16.5 Å². The molecule has 1 aliphatic rings. The third-order valence-corrected chi connectivity index (χ3v) is 6.10. The first-order valence-corrected chi connectivity index (χ1v) is 14.0. The average molecular weight is 567 g/mol. The van der Waals surface area contributed by atoms with Gasteiger partial charge in [-0.2, -0.15) is 0 Å². The summed E-state index contributed by atoms with van der Waals surface area (Å²) in [4.78, 5) is 8.71. The van der Waals surface area contributed by atoms with Crippen LogP contribution in [-0.4, -0.2) is 30.2 Å². The molecule has 0 radical (unpaired) electrons. The molecule has 2 N–H and O–H groups in total. The van der Waals surface area contributed by atoms with Crippen molar-refractivity contribution in [3.05, 3.63) is 82.9 Å². The smallest absolute Gasteiger partial charge is 0.169 e. The van der Waals surface area contributed by atoms with E-state index < -0.39 is 5.82 Å². The van der Waals surface area contributed by atoms with E-state index in [4.69, 9.17) is 21.1 Å². The summed E-state index contributed by atoms with van der Waals surface area (Å²) in [5, 5.41) is 7.04. The molecule has 0 saturated carbocycles. The maximum Gasteiger partial charge on any atom is 0.169 e. The minimum Gasteiger partial charge on any atom is -0.496 e. The third-order valence-electron chi connectivity index (χ3n) is 5.75. The molecule has 0 bridgehead atoms. The zero-order chi connectivity index (χ0) is 29.3. The number of nitrogens with one attached hydrogen (secondary N) is 2. The van der Waals surface area contributed by atoms with Gasteiger partial charge in [-0.3, -0.25) is 0 Å². The molecular weight excluding hydrogens is 527 g/mol. The van der Waals surface area contributed by atoms with Crippen molar-refractivity contribution in [2.24, 2.45) is 5.41 Å². The van der Waals surface area contributed by atoms with Gasteiger partial charge in [0.05, 0.1) is 18.3 Å². The third kappa shape index (κ3) is 8.29. The minimum absolute atomic E-state index is 0.0859. The summed E-state index contributed by atoms with van der Waals surface area (Å²) in [6, 6.07) is 16.8. The maximum absolute atomic E-state index is 15.1. The second-order valence-corrected chi connectivity index (χ2v) is 11.2. The largest absolute Gasteiger partial charge is 0.496 e. The Bertz CT molecular complexity index is 1380. The van der Waals surface area contributed by atoms with Crippen LogP contribution < -0.4 is 20.1 Å². The van der Waals surface area contributed by atoms with Crippen LogP contribution in [0.2, 0.25) is 5.02 Å². The Hall–Kier alpha value is -3.42. The van der Waals surface area contributed by atoms with E-state index in [0.717, 1.165) is 35.4 Å². The minimum atomic E-state index is -0.606. The summed E-state index contributed by atoms with van der Waals surface area (Å²) in [5.41, 5.74) is 3.45. The Kier molecular flexibility index (Phi) is 11.1. The van der Waals surface area contributed by atoms with Crippen LogP contribution in [0.3, 0.4) is 0 Å². The first kappa shape index (κ1) is 31.1. The van der Waals surface area contributed by atoms with Gasteiger partial charge in [0.1, 0.15) is 35.3 Å². The lowest BCUT2D eigenvalue weighted by atomic mass is 9.91. The molecule has 4 aromatic rings. The van der Waals surface area contributed by atoms with Gasteiger partial charge in [0.25, 0.3) is 0 Å². The fourth-order valence-corrected chi connectivity index (χ4v) is 4.03. The standard InChI is InChI=1S/C25H22ClFN4O2.C5H12.C2H6/c1-32-22-10-20-18(9-17(22)16-11-28-12-16)25(30-14-29-20)31-19-7-8-21(23(26)24(19)27)33-13-15-5-3-2-4-6-15;1-5(2,3)4;1-2/h2-10,14,16,28H,11-13H2,1H3,(H,29,30,31);1-4H3;1-2H3. The van der Waals surface area contributed by atoms with Crippen molar-refractivity contribution in [2.75, 3.05) is 25.5 Å². The zero-order valence-electron chi connectivity index (χ0n) is 24.4.